The molecule has 0 aliphatic heterocycles. The van der Waals surface area contributed by atoms with E-state index in [-0.39, 0.29) is 24.8 Å². The zero-order chi connectivity index (χ0) is 18.2. The minimum Gasteiger partial charge on any atom is -0.444 e. The van der Waals surface area contributed by atoms with E-state index in [1.165, 1.54) is 0 Å². The van der Waals surface area contributed by atoms with Crippen molar-refractivity contribution in [3.05, 3.63) is 0 Å². The highest BCUT2D eigenvalue weighted by atomic mass is 16.6. The van der Waals surface area contributed by atoms with Crippen molar-refractivity contribution in [2.75, 3.05) is 13.1 Å². The molecule has 0 atom stereocenters. The molecule has 0 heterocycles. The summed E-state index contributed by atoms with van der Waals surface area (Å²) in [6.07, 6.45) is 3.80. The first kappa shape index (κ1) is 20.3. The van der Waals surface area contributed by atoms with Gasteiger partial charge in [-0.05, 0) is 40.5 Å². The van der Waals surface area contributed by atoms with Gasteiger partial charge in [0.1, 0.15) is 11.1 Å². The molecule has 0 unspecified atom stereocenters. The van der Waals surface area contributed by atoms with Gasteiger partial charge in [0.15, 0.2) is 0 Å². The van der Waals surface area contributed by atoms with Gasteiger partial charge >= 0.3 is 6.09 Å². The summed E-state index contributed by atoms with van der Waals surface area (Å²) >= 11 is 0. The fourth-order valence-corrected chi connectivity index (χ4v) is 2.82. The lowest BCUT2D eigenvalue weighted by molar-refractivity contribution is -0.135. The number of hydrogen-bond acceptors (Lipinski definition) is 4. The van der Waals surface area contributed by atoms with Gasteiger partial charge < -0.3 is 20.7 Å². The summed E-state index contributed by atoms with van der Waals surface area (Å²) in [7, 11) is 0. The van der Waals surface area contributed by atoms with Crippen LogP contribution in [0.4, 0.5) is 4.79 Å². The van der Waals surface area contributed by atoms with E-state index in [1.807, 2.05) is 6.92 Å². The Kier molecular flexibility index (Phi) is 7.51. The van der Waals surface area contributed by atoms with Crippen LogP contribution in [-0.2, 0) is 14.3 Å². The summed E-state index contributed by atoms with van der Waals surface area (Å²) in [4.78, 5) is 36.1. The van der Waals surface area contributed by atoms with Crippen LogP contribution in [0.3, 0.4) is 0 Å². The molecule has 3 amide bonds. The molecule has 24 heavy (non-hydrogen) atoms. The Hall–Kier alpha value is -1.79. The number of hydrogen-bond donors (Lipinski definition) is 3. The zero-order valence-electron chi connectivity index (χ0n) is 15.3. The summed E-state index contributed by atoms with van der Waals surface area (Å²) in [6, 6.07) is 0. The van der Waals surface area contributed by atoms with E-state index in [4.69, 9.17) is 4.74 Å². The summed E-state index contributed by atoms with van der Waals surface area (Å²) < 4.78 is 5.11. The Bertz CT molecular complexity index is 451. The first-order chi connectivity index (χ1) is 11.2. The van der Waals surface area contributed by atoms with E-state index in [9.17, 15) is 14.4 Å². The number of nitrogens with one attached hydrogen (secondary N) is 3. The topological polar surface area (TPSA) is 96.5 Å². The number of amides is 3. The van der Waals surface area contributed by atoms with Crippen molar-refractivity contribution in [3.8, 4) is 0 Å². The van der Waals surface area contributed by atoms with E-state index in [0.29, 0.717) is 19.4 Å². The summed E-state index contributed by atoms with van der Waals surface area (Å²) in [5, 5.41) is 8.27. The Morgan fingerprint density at radius 2 is 1.67 bits per heavy atom. The van der Waals surface area contributed by atoms with Gasteiger partial charge in [0.2, 0.25) is 11.8 Å². The zero-order valence-corrected chi connectivity index (χ0v) is 15.3. The third-order valence-corrected chi connectivity index (χ3v) is 3.88. The van der Waals surface area contributed by atoms with Gasteiger partial charge in [-0.15, -0.1) is 0 Å². The Morgan fingerprint density at radius 1 is 1.04 bits per heavy atom. The second kappa shape index (κ2) is 8.89. The first-order valence-corrected chi connectivity index (χ1v) is 8.75. The maximum atomic E-state index is 12.4. The Balaban J connectivity index is 2.48. The van der Waals surface area contributed by atoms with E-state index in [2.05, 4.69) is 16.0 Å². The molecule has 0 aromatic rings. The summed E-state index contributed by atoms with van der Waals surface area (Å²) in [6.45, 7) is 7.90. The van der Waals surface area contributed by atoms with Crippen LogP contribution < -0.4 is 16.0 Å². The van der Waals surface area contributed by atoms with Crippen LogP contribution in [0.15, 0.2) is 0 Å². The molecule has 1 fully saturated rings. The molecule has 0 radical (unpaired) electrons. The van der Waals surface area contributed by atoms with Crippen molar-refractivity contribution >= 4 is 17.9 Å². The Labute approximate surface area is 144 Å². The van der Waals surface area contributed by atoms with Crippen molar-refractivity contribution in [2.45, 2.75) is 77.4 Å². The van der Waals surface area contributed by atoms with Crippen LogP contribution in [0.1, 0.15) is 66.2 Å². The van der Waals surface area contributed by atoms with Crippen LogP contribution >= 0.6 is 0 Å². The standard InChI is InChI=1S/C17H31N3O4/c1-5-18-14(22)17(10-7-6-8-11-17)20-13(21)9-12-19-15(23)24-16(2,3)4/h5-12H2,1-4H3,(H,18,22)(H,19,23)(H,20,21). The molecule has 1 saturated carbocycles. The number of carbonyl (C=O) groups is 3. The predicted octanol–water partition coefficient (Wildman–Crippen LogP) is 1.86. The molecule has 138 valence electrons. The lowest BCUT2D eigenvalue weighted by atomic mass is 9.80. The molecule has 7 nitrogen and oxygen atoms in total. The number of rotatable bonds is 6. The van der Waals surface area contributed by atoms with Crippen LogP contribution in [-0.4, -0.2) is 42.1 Å². The first-order valence-electron chi connectivity index (χ1n) is 8.75. The normalized spacial score (nSPS) is 16.8. The summed E-state index contributed by atoms with van der Waals surface area (Å²) in [5.74, 6) is -0.350. The minimum atomic E-state index is -0.808. The average molecular weight is 341 g/mol. The molecule has 0 saturated heterocycles. The quantitative estimate of drug-likeness (QED) is 0.687. The second-order valence-corrected chi connectivity index (χ2v) is 7.23. The summed E-state index contributed by atoms with van der Waals surface area (Å²) in [5.41, 5.74) is -1.38. The van der Waals surface area contributed by atoms with Crippen LogP contribution in [0.5, 0.6) is 0 Å². The molecule has 1 rings (SSSR count). The molecule has 1 aliphatic rings. The molecule has 7 heteroatoms. The maximum Gasteiger partial charge on any atom is 0.407 e. The third kappa shape index (κ3) is 6.76. The average Bonchev–Trinajstić information content (AvgIpc) is 2.46. The van der Waals surface area contributed by atoms with Gasteiger partial charge in [-0.3, -0.25) is 9.59 Å². The van der Waals surface area contributed by atoms with E-state index < -0.39 is 17.2 Å². The van der Waals surface area contributed by atoms with E-state index in [1.54, 1.807) is 20.8 Å². The van der Waals surface area contributed by atoms with Gasteiger partial charge in [0.05, 0.1) is 0 Å². The third-order valence-electron chi connectivity index (χ3n) is 3.88. The smallest absolute Gasteiger partial charge is 0.407 e. The fourth-order valence-electron chi connectivity index (χ4n) is 2.82. The maximum absolute atomic E-state index is 12.4. The van der Waals surface area contributed by atoms with E-state index in [0.717, 1.165) is 19.3 Å². The van der Waals surface area contributed by atoms with Crippen LogP contribution in [0, 0.1) is 0 Å². The number of likely N-dealkylation sites (N-methyl/N-ethyl adjacent to an activating group) is 1. The lowest BCUT2D eigenvalue weighted by Gasteiger charge is -2.36. The molecular formula is C17H31N3O4. The highest BCUT2D eigenvalue weighted by molar-refractivity contribution is 5.91. The van der Waals surface area contributed by atoms with Gasteiger partial charge in [0.25, 0.3) is 0 Å². The lowest BCUT2D eigenvalue weighted by Crippen LogP contribution is -2.59. The molecule has 0 bridgehead atoms. The predicted molar refractivity (Wildman–Crippen MR) is 91.5 cm³/mol. The Morgan fingerprint density at radius 3 is 2.21 bits per heavy atom. The number of ether oxygens (including phenoxy) is 1. The fraction of sp³-hybridized carbons (Fsp3) is 0.824. The number of alkyl carbamates (subject to hydrolysis) is 1. The van der Waals surface area contributed by atoms with Crippen molar-refractivity contribution in [1.29, 1.82) is 0 Å². The molecular weight excluding hydrogens is 310 g/mol. The molecule has 0 aromatic heterocycles. The molecule has 3 N–H and O–H groups in total. The van der Waals surface area contributed by atoms with Crippen LogP contribution in [0.2, 0.25) is 0 Å². The molecule has 0 aromatic carbocycles. The monoisotopic (exact) mass is 341 g/mol. The SMILES string of the molecule is CCNC(=O)C1(NC(=O)CCNC(=O)OC(C)(C)C)CCCCC1. The van der Waals surface area contributed by atoms with Crippen LogP contribution in [0.25, 0.3) is 0 Å². The van der Waals surface area contributed by atoms with Crippen molar-refractivity contribution < 1.29 is 19.1 Å². The van der Waals surface area contributed by atoms with Gasteiger partial charge in [-0.25, -0.2) is 4.79 Å². The second-order valence-electron chi connectivity index (χ2n) is 7.23. The van der Waals surface area contributed by atoms with Gasteiger partial charge in [-0.1, -0.05) is 19.3 Å². The highest BCUT2D eigenvalue weighted by Crippen LogP contribution is 2.28. The number of carbonyl (C=O) groups excluding carboxylic acids is 3. The van der Waals surface area contributed by atoms with Crippen molar-refractivity contribution in [3.63, 3.8) is 0 Å². The van der Waals surface area contributed by atoms with Gasteiger partial charge in [0, 0.05) is 19.5 Å². The van der Waals surface area contributed by atoms with Crippen molar-refractivity contribution in [2.24, 2.45) is 0 Å². The highest BCUT2D eigenvalue weighted by Gasteiger charge is 2.40. The van der Waals surface area contributed by atoms with E-state index >= 15 is 0 Å². The van der Waals surface area contributed by atoms with Crippen molar-refractivity contribution in [1.82, 2.24) is 16.0 Å². The largest absolute Gasteiger partial charge is 0.444 e. The minimum absolute atomic E-state index is 0.112. The van der Waals surface area contributed by atoms with Gasteiger partial charge in [-0.2, -0.15) is 0 Å². The molecule has 1 aliphatic carbocycles. The molecule has 0 spiro atoms.